The minimum atomic E-state index is -3.97. The van der Waals surface area contributed by atoms with Crippen molar-refractivity contribution >= 4 is 37.1 Å². The van der Waals surface area contributed by atoms with Crippen LogP contribution in [0.1, 0.15) is 11.1 Å². The molecule has 124 valence electrons. The number of aromatic nitrogens is 2. The molecule has 2 heterocycles. The van der Waals surface area contributed by atoms with E-state index in [0.29, 0.717) is 16.8 Å². The second-order valence-electron chi connectivity index (χ2n) is 5.53. The van der Waals surface area contributed by atoms with E-state index in [1.807, 2.05) is 11.9 Å². The molecule has 0 radical (unpaired) electrons. The summed E-state index contributed by atoms with van der Waals surface area (Å²) in [6.45, 7) is 1.33. The van der Waals surface area contributed by atoms with E-state index >= 15 is 0 Å². The lowest BCUT2D eigenvalue weighted by molar-refractivity contribution is 0.276. The fourth-order valence-corrected chi connectivity index (χ4v) is 3.81. The zero-order valence-corrected chi connectivity index (χ0v) is 14.8. The number of halogens is 1. The zero-order valence-electron chi connectivity index (χ0n) is 12.4. The van der Waals surface area contributed by atoms with Crippen LogP contribution < -0.4 is 15.4 Å². The van der Waals surface area contributed by atoms with E-state index in [-0.39, 0.29) is 5.52 Å². The molecule has 0 spiro atoms. The van der Waals surface area contributed by atoms with Gasteiger partial charge in [0, 0.05) is 17.6 Å². The highest BCUT2D eigenvalue weighted by atomic mass is 79.9. The van der Waals surface area contributed by atoms with E-state index in [1.54, 1.807) is 6.07 Å². The Morgan fingerprint density at radius 3 is 2.65 bits per heavy atom. The minimum absolute atomic E-state index is 0.268. The van der Waals surface area contributed by atoms with Gasteiger partial charge in [0.05, 0.1) is 11.8 Å². The monoisotopic (exact) mass is 403 g/mol. The number of likely N-dealkylation sites (N-methyl/N-ethyl adjacent to an activating group) is 1. The zero-order chi connectivity index (χ0) is 16.9. The highest BCUT2D eigenvalue weighted by Crippen LogP contribution is 2.31. The quantitative estimate of drug-likeness (QED) is 0.698. The Morgan fingerprint density at radius 2 is 2.00 bits per heavy atom. The van der Waals surface area contributed by atoms with Crippen LogP contribution in [0, 0.1) is 0 Å². The van der Waals surface area contributed by atoms with E-state index in [4.69, 9.17) is 4.28 Å². The second kappa shape index (κ2) is 5.46. The summed E-state index contributed by atoms with van der Waals surface area (Å²) < 4.78 is 29.2. The predicted molar refractivity (Wildman–Crippen MR) is 88.0 cm³/mol. The summed E-state index contributed by atoms with van der Waals surface area (Å²) in [6.07, 6.45) is 1.55. The van der Waals surface area contributed by atoms with Crippen LogP contribution in [0.25, 0.3) is 11.0 Å². The van der Waals surface area contributed by atoms with Crippen molar-refractivity contribution in [2.24, 2.45) is 0 Å². The van der Waals surface area contributed by atoms with Gasteiger partial charge in [0.15, 0.2) is 0 Å². The Morgan fingerprint density at radius 1 is 1.30 bits per heavy atom. The van der Waals surface area contributed by atoms with Crippen molar-refractivity contribution in [2.45, 2.75) is 13.0 Å². The van der Waals surface area contributed by atoms with E-state index in [9.17, 15) is 18.0 Å². The van der Waals surface area contributed by atoms with Gasteiger partial charge in [0.25, 0.3) is 0 Å². The number of H-pyrrole nitrogens is 1. The molecule has 1 aromatic carbocycles. The molecule has 23 heavy (non-hydrogen) atoms. The summed E-state index contributed by atoms with van der Waals surface area (Å²) in [7, 11) is -2.06. The Hall–Kier alpha value is -1.65. The van der Waals surface area contributed by atoms with E-state index in [1.165, 1.54) is 0 Å². The minimum Gasteiger partial charge on any atom is -0.316 e. The molecule has 0 bridgehead atoms. The SMILES string of the molecule is CN1CCc2c(Br)cc3[nH]c(=O)c(=O)n(OS(C)(=O)=O)c3c2C1. The summed E-state index contributed by atoms with van der Waals surface area (Å²) in [5, 5.41) is 0. The van der Waals surface area contributed by atoms with Crippen molar-refractivity contribution in [1.82, 2.24) is 14.6 Å². The van der Waals surface area contributed by atoms with Gasteiger partial charge in [-0.05, 0) is 30.7 Å². The number of rotatable bonds is 2. The van der Waals surface area contributed by atoms with Crippen molar-refractivity contribution in [3.8, 4) is 0 Å². The fraction of sp³-hybridized carbons (Fsp3) is 0.385. The third kappa shape index (κ3) is 2.93. The summed E-state index contributed by atoms with van der Waals surface area (Å²) in [6, 6.07) is 1.66. The van der Waals surface area contributed by atoms with Crippen molar-refractivity contribution in [2.75, 3.05) is 19.8 Å². The largest absolute Gasteiger partial charge is 0.350 e. The number of benzene rings is 1. The maximum atomic E-state index is 12.1. The Labute approximate surface area is 139 Å². The molecule has 0 saturated heterocycles. The van der Waals surface area contributed by atoms with Crippen LogP contribution >= 0.6 is 15.9 Å². The highest BCUT2D eigenvalue weighted by molar-refractivity contribution is 9.10. The van der Waals surface area contributed by atoms with Gasteiger partial charge >= 0.3 is 21.2 Å². The summed E-state index contributed by atoms with van der Waals surface area (Å²) >= 11 is 3.47. The summed E-state index contributed by atoms with van der Waals surface area (Å²) in [5.74, 6) is 0. The molecular formula is C13H14BrN3O5S. The maximum Gasteiger partial charge on any atom is 0.350 e. The molecule has 1 aliphatic rings. The van der Waals surface area contributed by atoms with Crippen LogP contribution in [0.5, 0.6) is 0 Å². The molecule has 0 fully saturated rings. The topological polar surface area (TPSA) is 101 Å². The Bertz CT molecular complexity index is 1020. The third-order valence-corrected chi connectivity index (χ3v) is 4.80. The van der Waals surface area contributed by atoms with Crippen LogP contribution in [0.2, 0.25) is 0 Å². The number of nitrogens with one attached hydrogen (secondary N) is 1. The maximum absolute atomic E-state index is 12.1. The lowest BCUT2D eigenvalue weighted by Gasteiger charge is -2.27. The number of fused-ring (bicyclic) bond motifs is 3. The van der Waals surface area contributed by atoms with Crippen molar-refractivity contribution < 1.29 is 12.7 Å². The van der Waals surface area contributed by atoms with Crippen LogP contribution in [-0.4, -0.2) is 42.9 Å². The first-order chi connectivity index (χ1) is 10.7. The summed E-state index contributed by atoms with van der Waals surface area (Å²) in [5.41, 5.74) is 0.301. The van der Waals surface area contributed by atoms with Gasteiger partial charge in [-0.15, -0.1) is 4.73 Å². The predicted octanol–water partition coefficient (Wildman–Crippen LogP) is -0.172. The molecule has 0 saturated carbocycles. The third-order valence-electron chi connectivity index (χ3n) is 3.68. The van der Waals surface area contributed by atoms with E-state index < -0.39 is 21.2 Å². The molecule has 1 aromatic heterocycles. The Kier molecular flexibility index (Phi) is 3.85. The van der Waals surface area contributed by atoms with E-state index in [2.05, 4.69) is 20.9 Å². The Balaban J connectivity index is 2.47. The first-order valence-corrected chi connectivity index (χ1v) is 9.36. The average Bonchev–Trinajstić information content (AvgIpc) is 2.42. The molecule has 0 unspecified atom stereocenters. The van der Waals surface area contributed by atoms with Crippen LogP contribution in [-0.2, 0) is 23.1 Å². The number of hydrogen-bond donors (Lipinski definition) is 1. The number of hydrogen-bond acceptors (Lipinski definition) is 6. The van der Waals surface area contributed by atoms with Crippen LogP contribution in [0.15, 0.2) is 20.1 Å². The highest BCUT2D eigenvalue weighted by Gasteiger charge is 2.24. The van der Waals surface area contributed by atoms with Crippen LogP contribution in [0.3, 0.4) is 0 Å². The fourth-order valence-electron chi connectivity index (χ4n) is 2.73. The van der Waals surface area contributed by atoms with Crippen LogP contribution in [0.4, 0.5) is 0 Å². The smallest absolute Gasteiger partial charge is 0.316 e. The second-order valence-corrected chi connectivity index (χ2v) is 7.94. The van der Waals surface area contributed by atoms with Crippen molar-refractivity contribution in [3.63, 3.8) is 0 Å². The lowest BCUT2D eigenvalue weighted by atomic mass is 9.98. The van der Waals surface area contributed by atoms with Crippen molar-refractivity contribution in [1.29, 1.82) is 0 Å². The van der Waals surface area contributed by atoms with Gasteiger partial charge < -0.3 is 9.88 Å². The van der Waals surface area contributed by atoms with E-state index in [0.717, 1.165) is 34.8 Å². The molecule has 0 aliphatic carbocycles. The molecule has 3 rings (SSSR count). The van der Waals surface area contributed by atoms with Gasteiger partial charge in [0.2, 0.25) is 0 Å². The van der Waals surface area contributed by atoms with Gasteiger partial charge in [-0.3, -0.25) is 13.9 Å². The lowest BCUT2D eigenvalue weighted by Crippen LogP contribution is -2.42. The standard InChI is InChI=1S/C13H14BrN3O5S/c1-16-4-3-7-8(6-16)11-10(5-9(7)14)15-12(18)13(19)17(11)22-23(2,20)21/h5H,3-4,6H2,1-2H3,(H,15,18). The molecule has 2 aromatic rings. The normalized spacial score (nSPS) is 15.6. The molecule has 1 N–H and O–H groups in total. The molecule has 0 atom stereocenters. The molecular weight excluding hydrogens is 390 g/mol. The molecule has 1 aliphatic heterocycles. The average molecular weight is 404 g/mol. The van der Waals surface area contributed by atoms with Gasteiger partial charge in [-0.2, -0.15) is 8.42 Å². The summed E-state index contributed by atoms with van der Waals surface area (Å²) in [4.78, 5) is 28.4. The number of aromatic amines is 1. The van der Waals surface area contributed by atoms with Gasteiger partial charge in [-0.25, -0.2) is 0 Å². The van der Waals surface area contributed by atoms with Gasteiger partial charge in [0.1, 0.15) is 5.52 Å². The first-order valence-electron chi connectivity index (χ1n) is 6.75. The molecule has 8 nitrogen and oxygen atoms in total. The number of nitrogens with zero attached hydrogens (tertiary/aromatic N) is 2. The molecule has 0 amide bonds. The van der Waals surface area contributed by atoms with Crippen molar-refractivity contribution in [3.05, 3.63) is 42.4 Å². The molecule has 10 heteroatoms. The van der Waals surface area contributed by atoms with Gasteiger partial charge in [-0.1, -0.05) is 15.9 Å². The first kappa shape index (κ1) is 16.2.